The van der Waals surface area contributed by atoms with Crippen LogP contribution in [0.25, 0.3) is 0 Å². The van der Waals surface area contributed by atoms with E-state index in [1.165, 1.54) is 12.0 Å². The molecule has 0 saturated heterocycles. The summed E-state index contributed by atoms with van der Waals surface area (Å²) in [6.45, 7) is 3.86. The molecule has 108 valence electrons. The number of rotatable bonds is 5. The molecule has 0 aliphatic carbocycles. The molecular weight excluding hydrogens is 258 g/mol. The fraction of sp³-hybridized carbons (Fsp3) is 0.286. The van der Waals surface area contributed by atoms with Gasteiger partial charge in [0.25, 0.3) is 5.91 Å². The van der Waals surface area contributed by atoms with Crippen LogP contribution in [0.15, 0.2) is 30.9 Å². The van der Waals surface area contributed by atoms with E-state index in [2.05, 4.69) is 17.2 Å². The van der Waals surface area contributed by atoms with Crippen LogP contribution in [-0.2, 0) is 0 Å². The van der Waals surface area contributed by atoms with Gasteiger partial charge in [0.05, 0.1) is 12.8 Å². The second-order valence-corrected chi connectivity index (χ2v) is 4.24. The van der Waals surface area contributed by atoms with E-state index < -0.39 is 6.03 Å². The van der Waals surface area contributed by atoms with Crippen molar-refractivity contribution < 1.29 is 14.3 Å². The summed E-state index contributed by atoms with van der Waals surface area (Å²) in [5, 5.41) is 5.22. The summed E-state index contributed by atoms with van der Waals surface area (Å²) in [5.74, 6) is 0.330. The van der Waals surface area contributed by atoms with Crippen molar-refractivity contribution in [2.75, 3.05) is 33.1 Å². The Morgan fingerprint density at radius 2 is 2.10 bits per heavy atom. The van der Waals surface area contributed by atoms with Gasteiger partial charge >= 0.3 is 6.03 Å². The highest BCUT2D eigenvalue weighted by atomic mass is 16.5. The van der Waals surface area contributed by atoms with Crippen molar-refractivity contribution in [2.45, 2.75) is 0 Å². The maximum absolute atomic E-state index is 11.9. The fourth-order valence-corrected chi connectivity index (χ4v) is 1.53. The smallest absolute Gasteiger partial charge is 0.319 e. The van der Waals surface area contributed by atoms with Crippen LogP contribution >= 0.6 is 0 Å². The van der Waals surface area contributed by atoms with Crippen LogP contribution in [0.2, 0.25) is 0 Å². The Labute approximate surface area is 118 Å². The Hall–Kier alpha value is -2.50. The van der Waals surface area contributed by atoms with Crippen molar-refractivity contribution in [2.24, 2.45) is 0 Å². The van der Waals surface area contributed by atoms with Gasteiger partial charge in [-0.05, 0) is 18.2 Å². The van der Waals surface area contributed by atoms with Crippen LogP contribution in [0, 0.1) is 0 Å². The SMILES string of the molecule is C=CCNC(=O)Nc1cc(C(=O)N(C)C)ccc1OC. The van der Waals surface area contributed by atoms with E-state index >= 15 is 0 Å². The highest BCUT2D eigenvalue weighted by Crippen LogP contribution is 2.25. The molecule has 1 rings (SSSR count). The van der Waals surface area contributed by atoms with Gasteiger partial charge in [0, 0.05) is 26.2 Å². The lowest BCUT2D eigenvalue weighted by Gasteiger charge is -2.14. The van der Waals surface area contributed by atoms with Crippen LogP contribution in [0.3, 0.4) is 0 Å². The largest absolute Gasteiger partial charge is 0.495 e. The van der Waals surface area contributed by atoms with Crippen molar-refractivity contribution in [1.29, 1.82) is 0 Å². The van der Waals surface area contributed by atoms with Crippen LogP contribution in [0.4, 0.5) is 10.5 Å². The van der Waals surface area contributed by atoms with Crippen LogP contribution in [-0.4, -0.2) is 44.6 Å². The van der Waals surface area contributed by atoms with E-state index in [4.69, 9.17) is 4.74 Å². The molecular formula is C14H19N3O3. The van der Waals surface area contributed by atoms with Gasteiger partial charge in [0.15, 0.2) is 0 Å². The van der Waals surface area contributed by atoms with E-state index in [0.29, 0.717) is 23.5 Å². The molecule has 0 bridgehead atoms. The zero-order valence-corrected chi connectivity index (χ0v) is 11.9. The van der Waals surface area contributed by atoms with E-state index in [1.54, 1.807) is 38.4 Å². The van der Waals surface area contributed by atoms with Gasteiger partial charge in [-0.3, -0.25) is 4.79 Å². The highest BCUT2D eigenvalue weighted by molar-refractivity contribution is 5.97. The number of amides is 3. The van der Waals surface area contributed by atoms with Gasteiger partial charge in [-0.1, -0.05) is 6.08 Å². The first kappa shape index (κ1) is 15.6. The second kappa shape index (κ2) is 7.18. The molecule has 0 heterocycles. The lowest BCUT2D eigenvalue weighted by molar-refractivity contribution is 0.0827. The Morgan fingerprint density at radius 1 is 1.40 bits per heavy atom. The number of urea groups is 1. The van der Waals surface area contributed by atoms with Crippen LogP contribution < -0.4 is 15.4 Å². The van der Waals surface area contributed by atoms with Gasteiger partial charge in [0.1, 0.15) is 5.75 Å². The number of nitrogens with zero attached hydrogens (tertiary/aromatic N) is 1. The minimum absolute atomic E-state index is 0.151. The molecule has 0 unspecified atom stereocenters. The topological polar surface area (TPSA) is 70.7 Å². The summed E-state index contributed by atoms with van der Waals surface area (Å²) >= 11 is 0. The molecule has 0 atom stereocenters. The third-order valence-corrected chi connectivity index (χ3v) is 2.51. The molecule has 0 fully saturated rings. The molecule has 0 aliphatic rings. The number of ether oxygens (including phenoxy) is 1. The zero-order chi connectivity index (χ0) is 15.1. The maximum Gasteiger partial charge on any atom is 0.319 e. The minimum atomic E-state index is -0.391. The summed E-state index contributed by atoms with van der Waals surface area (Å²) in [5.41, 5.74) is 0.900. The van der Waals surface area contributed by atoms with E-state index in [-0.39, 0.29) is 5.91 Å². The molecule has 6 heteroatoms. The van der Waals surface area contributed by atoms with Gasteiger partial charge in [-0.2, -0.15) is 0 Å². The number of methoxy groups -OCH3 is 1. The number of anilines is 1. The summed E-state index contributed by atoms with van der Waals surface area (Å²) < 4.78 is 5.16. The minimum Gasteiger partial charge on any atom is -0.495 e. The Kier molecular flexibility index (Phi) is 5.58. The van der Waals surface area contributed by atoms with Gasteiger partial charge in [-0.15, -0.1) is 6.58 Å². The summed E-state index contributed by atoms with van der Waals surface area (Å²) in [6.07, 6.45) is 1.57. The van der Waals surface area contributed by atoms with Gasteiger partial charge in [-0.25, -0.2) is 4.79 Å². The molecule has 0 aromatic heterocycles. The summed E-state index contributed by atoms with van der Waals surface area (Å²) in [7, 11) is 4.82. The Bertz CT molecular complexity index is 512. The normalized spacial score (nSPS) is 9.55. The van der Waals surface area contributed by atoms with Gasteiger partial charge in [0.2, 0.25) is 0 Å². The third kappa shape index (κ3) is 4.01. The molecule has 3 amide bonds. The number of hydrogen-bond donors (Lipinski definition) is 2. The lowest BCUT2D eigenvalue weighted by atomic mass is 10.1. The molecule has 6 nitrogen and oxygen atoms in total. The summed E-state index contributed by atoms with van der Waals surface area (Å²) in [6, 6.07) is 4.47. The highest BCUT2D eigenvalue weighted by Gasteiger charge is 2.13. The molecule has 0 aliphatic heterocycles. The Morgan fingerprint density at radius 3 is 2.65 bits per heavy atom. The predicted octanol–water partition coefficient (Wildman–Crippen LogP) is 1.70. The monoisotopic (exact) mass is 277 g/mol. The van der Waals surface area contributed by atoms with E-state index in [0.717, 1.165) is 0 Å². The van der Waals surface area contributed by atoms with E-state index in [9.17, 15) is 9.59 Å². The zero-order valence-electron chi connectivity index (χ0n) is 11.9. The number of nitrogens with one attached hydrogen (secondary N) is 2. The number of hydrogen-bond acceptors (Lipinski definition) is 3. The van der Waals surface area contributed by atoms with Crippen molar-refractivity contribution in [1.82, 2.24) is 10.2 Å². The second-order valence-electron chi connectivity index (χ2n) is 4.24. The first-order valence-electron chi connectivity index (χ1n) is 6.05. The molecule has 2 N–H and O–H groups in total. The molecule has 0 spiro atoms. The first-order chi connectivity index (χ1) is 9.49. The predicted molar refractivity (Wildman–Crippen MR) is 78.2 cm³/mol. The van der Waals surface area contributed by atoms with Crippen molar-refractivity contribution in [3.63, 3.8) is 0 Å². The quantitative estimate of drug-likeness (QED) is 0.805. The average molecular weight is 277 g/mol. The van der Waals surface area contributed by atoms with Crippen molar-refractivity contribution >= 4 is 17.6 Å². The molecule has 1 aromatic rings. The molecule has 0 radical (unpaired) electrons. The van der Waals surface area contributed by atoms with Crippen LogP contribution in [0.1, 0.15) is 10.4 Å². The number of carbonyl (C=O) groups excluding carboxylic acids is 2. The molecule has 1 aromatic carbocycles. The van der Waals surface area contributed by atoms with Gasteiger partial charge < -0.3 is 20.3 Å². The molecule has 20 heavy (non-hydrogen) atoms. The number of carbonyl (C=O) groups is 2. The van der Waals surface area contributed by atoms with Crippen molar-refractivity contribution in [3.05, 3.63) is 36.4 Å². The summed E-state index contributed by atoms with van der Waals surface area (Å²) in [4.78, 5) is 25.0. The maximum atomic E-state index is 11.9. The number of benzene rings is 1. The third-order valence-electron chi connectivity index (χ3n) is 2.51. The lowest BCUT2D eigenvalue weighted by Crippen LogP contribution is -2.29. The van der Waals surface area contributed by atoms with Crippen molar-refractivity contribution in [3.8, 4) is 5.75 Å². The molecule has 0 saturated carbocycles. The fourth-order valence-electron chi connectivity index (χ4n) is 1.53. The average Bonchev–Trinajstić information content (AvgIpc) is 2.44. The van der Waals surface area contributed by atoms with Crippen LogP contribution in [0.5, 0.6) is 5.75 Å². The standard InChI is InChI=1S/C14H19N3O3/c1-5-8-15-14(19)16-11-9-10(13(18)17(2)3)6-7-12(11)20-4/h5-7,9H,1,8H2,2-4H3,(H2,15,16,19). The Balaban J connectivity index is 2.97. The first-order valence-corrected chi connectivity index (χ1v) is 6.05. The van der Waals surface area contributed by atoms with E-state index in [1.807, 2.05) is 0 Å².